The van der Waals surface area contributed by atoms with Crippen LogP contribution in [0, 0.1) is 0 Å². The zero-order valence-electron chi connectivity index (χ0n) is 10.4. The van der Waals surface area contributed by atoms with E-state index in [9.17, 15) is 0 Å². The third-order valence-electron chi connectivity index (χ3n) is 1.88. The van der Waals surface area contributed by atoms with E-state index in [4.69, 9.17) is 9.47 Å². The van der Waals surface area contributed by atoms with Gasteiger partial charge in [-0.05, 0) is 13.8 Å². The van der Waals surface area contributed by atoms with Crippen LogP contribution in [0.1, 0.15) is 13.8 Å². The van der Waals surface area contributed by atoms with E-state index < -0.39 is 0 Å². The van der Waals surface area contributed by atoms with Crippen LogP contribution in [0.4, 0.5) is 10.3 Å². The molecule has 7 heteroatoms. The van der Waals surface area contributed by atoms with Crippen molar-refractivity contribution in [3.05, 3.63) is 0 Å². The fourth-order valence-corrected chi connectivity index (χ4v) is 1.81. The van der Waals surface area contributed by atoms with Crippen molar-refractivity contribution in [1.82, 2.24) is 10.2 Å². The van der Waals surface area contributed by atoms with Crippen LogP contribution in [0.25, 0.3) is 0 Å². The first-order valence-corrected chi connectivity index (χ1v) is 6.65. The van der Waals surface area contributed by atoms with Crippen molar-refractivity contribution < 1.29 is 9.47 Å². The van der Waals surface area contributed by atoms with E-state index in [0.29, 0.717) is 13.2 Å². The van der Waals surface area contributed by atoms with E-state index in [0.717, 1.165) is 36.6 Å². The molecule has 17 heavy (non-hydrogen) atoms. The molecular formula is C10H20N4O2S. The largest absolute Gasteiger partial charge is 0.380 e. The highest BCUT2D eigenvalue weighted by atomic mass is 32.1. The van der Waals surface area contributed by atoms with E-state index in [1.807, 2.05) is 13.8 Å². The molecule has 1 aromatic heterocycles. The zero-order valence-corrected chi connectivity index (χ0v) is 11.2. The maximum absolute atomic E-state index is 5.22. The normalized spacial score (nSPS) is 10.5. The van der Waals surface area contributed by atoms with Gasteiger partial charge in [0, 0.05) is 26.3 Å². The monoisotopic (exact) mass is 260 g/mol. The number of hydrogen-bond acceptors (Lipinski definition) is 7. The first-order valence-electron chi connectivity index (χ1n) is 5.83. The summed E-state index contributed by atoms with van der Waals surface area (Å²) in [6, 6.07) is 0. The molecule has 2 N–H and O–H groups in total. The molecule has 0 aliphatic carbocycles. The Morgan fingerprint density at radius 2 is 1.41 bits per heavy atom. The van der Waals surface area contributed by atoms with E-state index in [1.54, 1.807) is 0 Å². The molecule has 0 aliphatic rings. The van der Waals surface area contributed by atoms with Gasteiger partial charge >= 0.3 is 0 Å². The van der Waals surface area contributed by atoms with E-state index in [-0.39, 0.29) is 0 Å². The summed E-state index contributed by atoms with van der Waals surface area (Å²) in [5.74, 6) is 0. The SMILES string of the molecule is CCOCCNc1nnc(NCCOCC)s1. The summed E-state index contributed by atoms with van der Waals surface area (Å²) in [5.41, 5.74) is 0. The van der Waals surface area contributed by atoms with Gasteiger partial charge < -0.3 is 20.1 Å². The van der Waals surface area contributed by atoms with Gasteiger partial charge in [-0.15, -0.1) is 10.2 Å². The Kier molecular flexibility index (Phi) is 7.61. The molecule has 0 amide bonds. The lowest BCUT2D eigenvalue weighted by atomic mass is 10.7. The number of ether oxygens (including phenoxy) is 2. The van der Waals surface area contributed by atoms with Crippen molar-refractivity contribution in [2.75, 3.05) is 50.2 Å². The van der Waals surface area contributed by atoms with Gasteiger partial charge in [0.15, 0.2) is 0 Å². The lowest BCUT2D eigenvalue weighted by molar-refractivity contribution is 0.158. The third kappa shape index (κ3) is 6.40. The van der Waals surface area contributed by atoms with Gasteiger partial charge in [0.1, 0.15) is 0 Å². The van der Waals surface area contributed by atoms with Crippen LogP contribution in [0.3, 0.4) is 0 Å². The summed E-state index contributed by atoms with van der Waals surface area (Å²) in [4.78, 5) is 0. The average Bonchev–Trinajstić information content (AvgIpc) is 2.78. The van der Waals surface area contributed by atoms with Crippen molar-refractivity contribution in [2.24, 2.45) is 0 Å². The van der Waals surface area contributed by atoms with Crippen molar-refractivity contribution >= 4 is 21.6 Å². The molecule has 0 spiro atoms. The predicted molar refractivity (Wildman–Crippen MR) is 69.9 cm³/mol. The molecular weight excluding hydrogens is 240 g/mol. The Balaban J connectivity index is 2.14. The fraction of sp³-hybridized carbons (Fsp3) is 0.800. The Hall–Kier alpha value is -0.920. The van der Waals surface area contributed by atoms with Crippen LogP contribution in [0.15, 0.2) is 0 Å². The van der Waals surface area contributed by atoms with Gasteiger partial charge in [-0.3, -0.25) is 0 Å². The summed E-state index contributed by atoms with van der Waals surface area (Å²) in [7, 11) is 0. The van der Waals surface area contributed by atoms with Crippen molar-refractivity contribution in [3.63, 3.8) is 0 Å². The summed E-state index contributed by atoms with van der Waals surface area (Å²) < 4.78 is 10.4. The standard InChI is InChI=1S/C10H20N4O2S/c1-3-15-7-5-11-9-13-14-10(17-9)12-6-8-16-4-2/h3-8H2,1-2H3,(H,11,13)(H,12,14). The van der Waals surface area contributed by atoms with Crippen LogP contribution >= 0.6 is 11.3 Å². The molecule has 1 heterocycles. The molecule has 0 unspecified atom stereocenters. The van der Waals surface area contributed by atoms with Gasteiger partial charge in [-0.2, -0.15) is 0 Å². The molecule has 0 saturated heterocycles. The van der Waals surface area contributed by atoms with E-state index in [1.165, 1.54) is 11.3 Å². The highest BCUT2D eigenvalue weighted by Crippen LogP contribution is 2.18. The van der Waals surface area contributed by atoms with E-state index in [2.05, 4.69) is 20.8 Å². The molecule has 1 rings (SSSR count). The van der Waals surface area contributed by atoms with Gasteiger partial charge in [-0.25, -0.2) is 0 Å². The smallest absolute Gasteiger partial charge is 0.207 e. The minimum atomic E-state index is 0.684. The maximum atomic E-state index is 5.22. The molecule has 1 aromatic rings. The number of nitrogens with one attached hydrogen (secondary N) is 2. The van der Waals surface area contributed by atoms with Crippen molar-refractivity contribution in [2.45, 2.75) is 13.8 Å². The molecule has 0 atom stereocenters. The van der Waals surface area contributed by atoms with Crippen LogP contribution in [-0.4, -0.2) is 49.7 Å². The Labute approximate surface area is 106 Å². The molecule has 0 aliphatic heterocycles. The minimum absolute atomic E-state index is 0.684. The molecule has 0 radical (unpaired) electrons. The zero-order chi connectivity index (χ0) is 12.3. The first kappa shape index (κ1) is 14.1. The average molecular weight is 260 g/mol. The molecule has 0 bridgehead atoms. The van der Waals surface area contributed by atoms with E-state index >= 15 is 0 Å². The first-order chi connectivity index (χ1) is 8.36. The molecule has 6 nitrogen and oxygen atoms in total. The highest BCUT2D eigenvalue weighted by Gasteiger charge is 2.02. The summed E-state index contributed by atoms with van der Waals surface area (Å²) >= 11 is 1.49. The van der Waals surface area contributed by atoms with Gasteiger partial charge in [-0.1, -0.05) is 11.3 Å². The quantitative estimate of drug-likeness (QED) is 0.620. The summed E-state index contributed by atoms with van der Waals surface area (Å²) in [5, 5.41) is 15.9. The second-order valence-electron chi connectivity index (χ2n) is 3.16. The van der Waals surface area contributed by atoms with Crippen LogP contribution < -0.4 is 10.6 Å². The lowest BCUT2D eigenvalue weighted by Crippen LogP contribution is -2.08. The number of hydrogen-bond donors (Lipinski definition) is 2. The Morgan fingerprint density at radius 3 is 1.82 bits per heavy atom. The maximum Gasteiger partial charge on any atom is 0.207 e. The number of rotatable bonds is 10. The lowest BCUT2D eigenvalue weighted by Gasteiger charge is -2.02. The molecule has 0 saturated carbocycles. The number of anilines is 2. The highest BCUT2D eigenvalue weighted by molar-refractivity contribution is 7.19. The molecule has 0 aromatic carbocycles. The number of nitrogens with zero attached hydrogens (tertiary/aromatic N) is 2. The van der Waals surface area contributed by atoms with Gasteiger partial charge in [0.25, 0.3) is 0 Å². The molecule has 0 fully saturated rings. The Bertz CT molecular complexity index is 269. The fourth-order valence-electron chi connectivity index (χ4n) is 1.12. The minimum Gasteiger partial charge on any atom is -0.380 e. The van der Waals surface area contributed by atoms with Crippen LogP contribution in [0.2, 0.25) is 0 Å². The predicted octanol–water partition coefficient (Wildman–Crippen LogP) is 1.43. The summed E-state index contributed by atoms with van der Waals surface area (Å²) in [6.45, 7) is 8.30. The van der Waals surface area contributed by atoms with Crippen molar-refractivity contribution in [3.8, 4) is 0 Å². The summed E-state index contributed by atoms with van der Waals surface area (Å²) in [6.07, 6.45) is 0. The van der Waals surface area contributed by atoms with Gasteiger partial charge in [0.05, 0.1) is 13.2 Å². The number of aromatic nitrogens is 2. The second kappa shape index (κ2) is 9.15. The second-order valence-corrected chi connectivity index (χ2v) is 4.14. The molecule has 98 valence electrons. The van der Waals surface area contributed by atoms with Crippen LogP contribution in [0.5, 0.6) is 0 Å². The third-order valence-corrected chi connectivity index (χ3v) is 2.72. The van der Waals surface area contributed by atoms with Crippen molar-refractivity contribution in [1.29, 1.82) is 0 Å². The Morgan fingerprint density at radius 1 is 0.941 bits per heavy atom. The van der Waals surface area contributed by atoms with Gasteiger partial charge in [0.2, 0.25) is 10.3 Å². The van der Waals surface area contributed by atoms with Crippen LogP contribution in [-0.2, 0) is 9.47 Å². The topological polar surface area (TPSA) is 68.3 Å².